The smallest absolute Gasteiger partial charge is 0.462 e. The van der Waals surface area contributed by atoms with Gasteiger partial charge in [0.1, 0.15) is 5.56 Å². The van der Waals surface area contributed by atoms with Crippen molar-refractivity contribution in [1.29, 1.82) is 0 Å². The second kappa shape index (κ2) is 4.89. The number of halogens is 3. The van der Waals surface area contributed by atoms with E-state index in [9.17, 15) is 18.0 Å². The summed E-state index contributed by atoms with van der Waals surface area (Å²) in [5, 5.41) is 0. The average Bonchev–Trinajstić information content (AvgIpc) is 2.19. The van der Waals surface area contributed by atoms with E-state index in [2.05, 4.69) is 14.5 Å². The van der Waals surface area contributed by atoms with Gasteiger partial charge in [-0.05, 0) is 13.0 Å². The molecule has 2 N–H and O–H groups in total. The van der Waals surface area contributed by atoms with Crippen LogP contribution in [0.3, 0.4) is 0 Å². The van der Waals surface area contributed by atoms with Gasteiger partial charge in [-0.3, -0.25) is 0 Å². The molecule has 0 aliphatic heterocycles. The number of hydrogen-bond acceptors (Lipinski definition) is 5. The largest absolute Gasteiger partial charge is 0.574 e. The van der Waals surface area contributed by atoms with E-state index in [1.165, 1.54) is 6.92 Å². The molecule has 0 spiro atoms. The fraction of sp³-hybridized carbons (Fsp3) is 0.333. The lowest BCUT2D eigenvalue weighted by Crippen LogP contribution is -2.20. The van der Waals surface area contributed by atoms with Gasteiger partial charge in [-0.15, -0.1) is 13.2 Å². The first kappa shape index (κ1) is 13.1. The third kappa shape index (κ3) is 3.82. The summed E-state index contributed by atoms with van der Waals surface area (Å²) in [4.78, 5) is 14.6. The van der Waals surface area contributed by atoms with Crippen molar-refractivity contribution >= 4 is 11.7 Å². The van der Waals surface area contributed by atoms with Crippen LogP contribution in [0, 0.1) is 0 Å². The predicted octanol–water partition coefficient (Wildman–Crippen LogP) is 1.74. The Labute approximate surface area is 94.3 Å². The van der Waals surface area contributed by atoms with E-state index in [1.54, 1.807) is 0 Å². The van der Waals surface area contributed by atoms with Gasteiger partial charge in [0, 0.05) is 0 Å². The van der Waals surface area contributed by atoms with E-state index in [1.807, 2.05) is 0 Å². The highest BCUT2D eigenvalue weighted by molar-refractivity contribution is 5.92. The second-order valence-corrected chi connectivity index (χ2v) is 2.89. The predicted molar refractivity (Wildman–Crippen MR) is 51.3 cm³/mol. The van der Waals surface area contributed by atoms with Crippen LogP contribution in [-0.4, -0.2) is 23.9 Å². The maximum Gasteiger partial charge on any atom is 0.574 e. The van der Waals surface area contributed by atoms with Crippen molar-refractivity contribution in [2.24, 2.45) is 0 Å². The number of rotatable bonds is 3. The van der Waals surface area contributed by atoms with E-state index in [0.717, 1.165) is 12.3 Å². The van der Waals surface area contributed by atoms with Crippen LogP contribution in [0.15, 0.2) is 12.3 Å². The van der Waals surface area contributed by atoms with Crippen LogP contribution in [0.25, 0.3) is 0 Å². The van der Waals surface area contributed by atoms with E-state index >= 15 is 0 Å². The van der Waals surface area contributed by atoms with Crippen LogP contribution in [0.1, 0.15) is 17.3 Å². The number of ether oxygens (including phenoxy) is 2. The Bertz CT molecular complexity index is 420. The van der Waals surface area contributed by atoms with Gasteiger partial charge in [0.15, 0.2) is 0 Å². The lowest BCUT2D eigenvalue weighted by atomic mass is 10.2. The Kier molecular flexibility index (Phi) is 3.77. The van der Waals surface area contributed by atoms with E-state index in [-0.39, 0.29) is 12.3 Å². The number of anilines is 1. The highest BCUT2D eigenvalue weighted by atomic mass is 19.4. The van der Waals surface area contributed by atoms with Gasteiger partial charge in [0.25, 0.3) is 0 Å². The van der Waals surface area contributed by atoms with Crippen molar-refractivity contribution in [2.45, 2.75) is 13.3 Å². The number of nitrogen functional groups attached to an aromatic ring is 1. The van der Waals surface area contributed by atoms with Crippen LogP contribution < -0.4 is 10.5 Å². The maximum atomic E-state index is 12.0. The van der Waals surface area contributed by atoms with Crippen molar-refractivity contribution in [2.75, 3.05) is 12.3 Å². The number of esters is 1. The molecule has 0 fully saturated rings. The molecule has 1 aromatic rings. The average molecular weight is 250 g/mol. The molecule has 8 heteroatoms. The minimum Gasteiger partial charge on any atom is -0.462 e. The van der Waals surface area contributed by atoms with Crippen molar-refractivity contribution in [3.05, 3.63) is 17.8 Å². The molecule has 1 rings (SSSR count). The quantitative estimate of drug-likeness (QED) is 0.827. The van der Waals surface area contributed by atoms with Crippen LogP contribution in [0.4, 0.5) is 18.9 Å². The van der Waals surface area contributed by atoms with Crippen LogP contribution in [0.2, 0.25) is 0 Å². The summed E-state index contributed by atoms with van der Waals surface area (Å²) in [5.41, 5.74) is 4.88. The summed E-state index contributed by atoms with van der Waals surface area (Å²) in [5.74, 6) is -1.86. The topological polar surface area (TPSA) is 74.4 Å². The highest BCUT2D eigenvalue weighted by Crippen LogP contribution is 2.25. The SMILES string of the molecule is CCOC(=O)c1cc(N)cnc1OC(F)(F)F. The molecular formula is C9H9F3N2O3. The standard InChI is InChI=1S/C9H9F3N2O3/c1-2-16-8(15)6-3-5(13)4-14-7(6)17-9(10,11)12/h3-4H,2,13H2,1H3. The zero-order chi connectivity index (χ0) is 13.1. The molecule has 0 amide bonds. The Morgan fingerprint density at radius 1 is 1.53 bits per heavy atom. The molecule has 0 aliphatic carbocycles. The molecule has 0 radical (unpaired) electrons. The number of carbonyl (C=O) groups excluding carboxylic acids is 1. The van der Waals surface area contributed by atoms with Crippen molar-refractivity contribution in [3.63, 3.8) is 0 Å². The highest BCUT2D eigenvalue weighted by Gasteiger charge is 2.34. The van der Waals surface area contributed by atoms with E-state index in [0.29, 0.717) is 0 Å². The Hall–Kier alpha value is -1.99. The van der Waals surface area contributed by atoms with E-state index in [4.69, 9.17) is 5.73 Å². The lowest BCUT2D eigenvalue weighted by molar-refractivity contribution is -0.276. The van der Waals surface area contributed by atoms with Gasteiger partial charge >= 0.3 is 12.3 Å². The molecule has 0 atom stereocenters. The summed E-state index contributed by atoms with van der Waals surface area (Å²) in [6, 6.07) is 1.01. The summed E-state index contributed by atoms with van der Waals surface area (Å²) < 4.78 is 44.2. The number of hydrogen-bond donors (Lipinski definition) is 1. The summed E-state index contributed by atoms with van der Waals surface area (Å²) in [6.45, 7) is 1.53. The van der Waals surface area contributed by atoms with Crippen molar-refractivity contribution < 1.29 is 27.4 Å². The van der Waals surface area contributed by atoms with Crippen LogP contribution >= 0.6 is 0 Å². The second-order valence-electron chi connectivity index (χ2n) is 2.89. The summed E-state index contributed by atoms with van der Waals surface area (Å²) >= 11 is 0. The van der Waals surface area contributed by atoms with Gasteiger partial charge in [0.05, 0.1) is 18.5 Å². The molecule has 0 saturated carbocycles. The fourth-order valence-corrected chi connectivity index (χ4v) is 1.01. The molecule has 0 aromatic carbocycles. The summed E-state index contributed by atoms with van der Waals surface area (Å²) in [7, 11) is 0. The molecule has 0 saturated heterocycles. The molecule has 5 nitrogen and oxygen atoms in total. The third-order valence-electron chi connectivity index (χ3n) is 1.58. The zero-order valence-corrected chi connectivity index (χ0v) is 8.75. The van der Waals surface area contributed by atoms with Gasteiger partial charge in [-0.1, -0.05) is 0 Å². The Morgan fingerprint density at radius 3 is 2.71 bits per heavy atom. The number of nitrogens with zero attached hydrogens (tertiary/aromatic N) is 1. The molecule has 1 heterocycles. The monoisotopic (exact) mass is 250 g/mol. The fourth-order valence-electron chi connectivity index (χ4n) is 1.01. The van der Waals surface area contributed by atoms with Crippen molar-refractivity contribution in [3.8, 4) is 5.88 Å². The first-order valence-electron chi connectivity index (χ1n) is 4.52. The maximum absolute atomic E-state index is 12.0. The van der Waals surface area contributed by atoms with Crippen LogP contribution in [0.5, 0.6) is 5.88 Å². The van der Waals surface area contributed by atoms with E-state index < -0.39 is 23.8 Å². The number of aromatic nitrogens is 1. The van der Waals surface area contributed by atoms with Crippen molar-refractivity contribution in [1.82, 2.24) is 4.98 Å². The molecular weight excluding hydrogens is 241 g/mol. The molecule has 1 aromatic heterocycles. The molecule has 94 valence electrons. The van der Waals surface area contributed by atoms with Gasteiger partial charge in [-0.25, -0.2) is 9.78 Å². The molecule has 17 heavy (non-hydrogen) atoms. The first-order chi connectivity index (χ1) is 7.83. The first-order valence-corrected chi connectivity index (χ1v) is 4.52. The lowest BCUT2D eigenvalue weighted by Gasteiger charge is -2.11. The number of pyridine rings is 1. The molecule has 0 bridgehead atoms. The Balaban J connectivity index is 3.08. The zero-order valence-electron chi connectivity index (χ0n) is 8.75. The third-order valence-corrected chi connectivity index (χ3v) is 1.58. The number of carbonyl (C=O) groups is 1. The van der Waals surface area contributed by atoms with Gasteiger partial charge < -0.3 is 15.2 Å². The van der Waals surface area contributed by atoms with Gasteiger partial charge in [-0.2, -0.15) is 0 Å². The normalized spacial score (nSPS) is 11.1. The Morgan fingerprint density at radius 2 is 2.18 bits per heavy atom. The number of nitrogens with two attached hydrogens (primary N) is 1. The molecule has 0 aliphatic rings. The van der Waals surface area contributed by atoms with Gasteiger partial charge in [0.2, 0.25) is 5.88 Å². The minimum atomic E-state index is -4.94. The number of alkyl halides is 3. The molecule has 0 unspecified atom stereocenters. The van der Waals surface area contributed by atoms with Crippen LogP contribution in [-0.2, 0) is 4.74 Å². The summed E-state index contributed by atoms with van der Waals surface area (Å²) in [6.07, 6.45) is -3.99. The minimum absolute atomic E-state index is 0.0130.